The normalized spacial score (nSPS) is 15.0. The molecule has 10 nitrogen and oxygen atoms in total. The van der Waals surface area contributed by atoms with E-state index < -0.39 is 4.92 Å². The second kappa shape index (κ2) is 7.49. The van der Waals surface area contributed by atoms with Gasteiger partial charge in [0.2, 0.25) is 11.6 Å². The van der Waals surface area contributed by atoms with Crippen molar-refractivity contribution >= 4 is 23.4 Å². The molecule has 1 amide bonds. The van der Waals surface area contributed by atoms with Gasteiger partial charge in [0.1, 0.15) is 6.33 Å². The lowest BCUT2D eigenvalue weighted by Gasteiger charge is -2.34. The number of nitro groups is 1. The van der Waals surface area contributed by atoms with Crippen molar-refractivity contribution in [2.24, 2.45) is 0 Å². The lowest BCUT2D eigenvalue weighted by molar-refractivity contribution is -0.383. The molecule has 0 aromatic carbocycles. The van der Waals surface area contributed by atoms with E-state index in [1.54, 1.807) is 16.7 Å². The molecule has 1 aromatic heterocycles. The molecule has 10 heteroatoms. The quantitative estimate of drug-likeness (QED) is 0.645. The van der Waals surface area contributed by atoms with Crippen LogP contribution in [0, 0.1) is 10.1 Å². The molecule has 1 aromatic rings. The van der Waals surface area contributed by atoms with Crippen molar-refractivity contribution in [2.75, 3.05) is 43.0 Å². The molecule has 25 heavy (non-hydrogen) atoms. The zero-order valence-electron chi connectivity index (χ0n) is 15.0. The molecule has 0 spiro atoms. The first-order chi connectivity index (χ1) is 11.7. The summed E-state index contributed by atoms with van der Waals surface area (Å²) in [7, 11) is 0. The highest BCUT2D eigenvalue weighted by molar-refractivity contribution is 5.72. The van der Waals surface area contributed by atoms with Crippen LogP contribution in [-0.4, -0.2) is 64.2 Å². The molecule has 0 atom stereocenters. The highest BCUT2D eigenvalue weighted by Gasteiger charge is 2.31. The fourth-order valence-electron chi connectivity index (χ4n) is 2.53. The van der Waals surface area contributed by atoms with Crippen molar-refractivity contribution in [3.63, 3.8) is 0 Å². The molecule has 2 rings (SSSR count). The maximum absolute atomic E-state index is 11.8. The Morgan fingerprint density at radius 3 is 2.48 bits per heavy atom. The number of amides is 1. The Bertz CT molecular complexity index is 637. The standard InChI is InChI=1S/C15H24N6O4/c1-5-25-14(22)20-8-6-19(7-9-20)13-11(21(23)24)12(16-10-17-13)18-15(2,3)4/h10H,5-9H2,1-4H3,(H,16,17,18). The summed E-state index contributed by atoms with van der Waals surface area (Å²) in [6.07, 6.45) is 0.947. The van der Waals surface area contributed by atoms with Gasteiger partial charge in [-0.2, -0.15) is 0 Å². The van der Waals surface area contributed by atoms with Gasteiger partial charge in [-0.15, -0.1) is 0 Å². The summed E-state index contributed by atoms with van der Waals surface area (Å²) >= 11 is 0. The van der Waals surface area contributed by atoms with Crippen molar-refractivity contribution in [3.05, 3.63) is 16.4 Å². The van der Waals surface area contributed by atoms with Gasteiger partial charge in [0.25, 0.3) is 0 Å². The minimum atomic E-state index is -0.471. The molecule has 1 aliphatic rings. The summed E-state index contributed by atoms with van der Waals surface area (Å²) in [5, 5.41) is 14.7. The summed E-state index contributed by atoms with van der Waals surface area (Å²) in [4.78, 5) is 34.4. The van der Waals surface area contributed by atoms with Crippen molar-refractivity contribution in [2.45, 2.75) is 33.2 Å². The molecule has 1 fully saturated rings. The van der Waals surface area contributed by atoms with Crippen LogP contribution in [0.3, 0.4) is 0 Å². The minimum Gasteiger partial charge on any atom is -0.450 e. The summed E-state index contributed by atoms with van der Waals surface area (Å²) in [6, 6.07) is 0. The number of aromatic nitrogens is 2. The van der Waals surface area contributed by atoms with Gasteiger partial charge in [-0.1, -0.05) is 0 Å². The van der Waals surface area contributed by atoms with Gasteiger partial charge in [0.15, 0.2) is 0 Å². The number of piperazine rings is 1. The van der Waals surface area contributed by atoms with Crippen LogP contribution in [-0.2, 0) is 4.74 Å². The molecular formula is C15H24N6O4. The van der Waals surface area contributed by atoms with Crippen LogP contribution in [0.15, 0.2) is 6.33 Å². The summed E-state index contributed by atoms with van der Waals surface area (Å²) in [5.74, 6) is 0.450. The SMILES string of the molecule is CCOC(=O)N1CCN(c2ncnc(NC(C)(C)C)c2[N+](=O)[O-])CC1. The second-order valence-electron chi connectivity index (χ2n) is 6.70. The third-order valence-electron chi connectivity index (χ3n) is 3.58. The van der Waals surface area contributed by atoms with Gasteiger partial charge in [0.05, 0.1) is 11.5 Å². The molecule has 1 saturated heterocycles. The fraction of sp³-hybridized carbons (Fsp3) is 0.667. The lowest BCUT2D eigenvalue weighted by atomic mass is 10.1. The Morgan fingerprint density at radius 1 is 1.32 bits per heavy atom. The molecule has 2 heterocycles. The van der Waals surface area contributed by atoms with E-state index in [-0.39, 0.29) is 29.0 Å². The molecule has 0 bridgehead atoms. The van der Waals surface area contributed by atoms with Gasteiger partial charge >= 0.3 is 11.8 Å². The van der Waals surface area contributed by atoms with Gasteiger partial charge in [-0.05, 0) is 27.7 Å². The van der Waals surface area contributed by atoms with Crippen LogP contribution in [0.25, 0.3) is 0 Å². The summed E-state index contributed by atoms with van der Waals surface area (Å²) in [5.41, 5.74) is -0.527. The zero-order chi connectivity index (χ0) is 18.6. The third kappa shape index (κ3) is 4.68. The van der Waals surface area contributed by atoms with Crippen LogP contribution in [0.2, 0.25) is 0 Å². The molecule has 1 aliphatic heterocycles. The minimum absolute atomic E-state index is 0.151. The first-order valence-electron chi connectivity index (χ1n) is 8.17. The Labute approximate surface area is 146 Å². The van der Waals surface area contributed by atoms with Crippen LogP contribution < -0.4 is 10.2 Å². The Hall–Kier alpha value is -2.65. The number of anilines is 2. The third-order valence-corrected chi connectivity index (χ3v) is 3.58. The summed E-state index contributed by atoms with van der Waals surface area (Å²) < 4.78 is 4.98. The predicted molar refractivity (Wildman–Crippen MR) is 92.9 cm³/mol. The average Bonchev–Trinajstić information content (AvgIpc) is 2.53. The van der Waals surface area contributed by atoms with E-state index in [0.717, 1.165) is 0 Å². The average molecular weight is 352 g/mol. The van der Waals surface area contributed by atoms with Gasteiger partial charge in [-0.25, -0.2) is 14.8 Å². The highest BCUT2D eigenvalue weighted by Crippen LogP contribution is 2.33. The number of nitrogens with one attached hydrogen (secondary N) is 1. The number of hydrogen-bond donors (Lipinski definition) is 1. The Morgan fingerprint density at radius 2 is 1.96 bits per heavy atom. The summed E-state index contributed by atoms with van der Waals surface area (Å²) in [6.45, 7) is 9.48. The number of nitrogens with zero attached hydrogens (tertiary/aromatic N) is 5. The Kier molecular flexibility index (Phi) is 5.60. The monoisotopic (exact) mass is 352 g/mol. The zero-order valence-corrected chi connectivity index (χ0v) is 15.0. The number of ether oxygens (including phenoxy) is 1. The van der Waals surface area contributed by atoms with Gasteiger partial charge in [-0.3, -0.25) is 10.1 Å². The Balaban J connectivity index is 2.21. The maximum Gasteiger partial charge on any atom is 0.409 e. The van der Waals surface area contributed by atoms with Crippen molar-refractivity contribution in [3.8, 4) is 0 Å². The first-order valence-corrected chi connectivity index (χ1v) is 8.17. The van der Waals surface area contributed by atoms with Crippen LogP contribution >= 0.6 is 0 Å². The van der Waals surface area contributed by atoms with Crippen LogP contribution in [0.1, 0.15) is 27.7 Å². The van der Waals surface area contributed by atoms with E-state index in [2.05, 4.69) is 15.3 Å². The molecular weight excluding hydrogens is 328 g/mol. The van der Waals surface area contributed by atoms with Crippen molar-refractivity contribution in [1.29, 1.82) is 0 Å². The smallest absolute Gasteiger partial charge is 0.409 e. The lowest BCUT2D eigenvalue weighted by Crippen LogP contribution is -2.49. The molecule has 0 aliphatic carbocycles. The van der Waals surface area contributed by atoms with E-state index in [9.17, 15) is 14.9 Å². The molecule has 0 saturated carbocycles. The molecule has 1 N–H and O–H groups in total. The largest absolute Gasteiger partial charge is 0.450 e. The molecule has 0 unspecified atom stereocenters. The van der Waals surface area contributed by atoms with Crippen LogP contribution in [0.4, 0.5) is 22.1 Å². The number of carbonyl (C=O) groups excluding carboxylic acids is 1. The maximum atomic E-state index is 11.8. The van der Waals surface area contributed by atoms with Gasteiger partial charge < -0.3 is 19.9 Å². The van der Waals surface area contributed by atoms with E-state index >= 15 is 0 Å². The number of rotatable bonds is 4. The molecule has 138 valence electrons. The number of carbonyl (C=O) groups is 1. The van der Waals surface area contributed by atoms with Crippen molar-refractivity contribution < 1.29 is 14.5 Å². The first kappa shape index (κ1) is 18.7. The number of hydrogen-bond acceptors (Lipinski definition) is 8. The van der Waals surface area contributed by atoms with E-state index in [4.69, 9.17) is 4.74 Å². The second-order valence-corrected chi connectivity index (χ2v) is 6.70. The highest BCUT2D eigenvalue weighted by atomic mass is 16.6. The topological polar surface area (TPSA) is 114 Å². The fourth-order valence-corrected chi connectivity index (χ4v) is 2.53. The predicted octanol–water partition coefficient (Wildman–Crippen LogP) is 1.87. The van der Waals surface area contributed by atoms with E-state index in [1.165, 1.54) is 6.33 Å². The van der Waals surface area contributed by atoms with E-state index in [1.807, 2.05) is 20.8 Å². The molecule has 0 radical (unpaired) electrons. The van der Waals surface area contributed by atoms with Gasteiger partial charge in [0, 0.05) is 31.7 Å². The van der Waals surface area contributed by atoms with Crippen LogP contribution in [0.5, 0.6) is 0 Å². The van der Waals surface area contributed by atoms with Crippen molar-refractivity contribution in [1.82, 2.24) is 14.9 Å². The van der Waals surface area contributed by atoms with E-state index in [0.29, 0.717) is 32.8 Å².